The summed E-state index contributed by atoms with van der Waals surface area (Å²) in [6, 6.07) is 4.97. The van der Waals surface area contributed by atoms with Gasteiger partial charge in [-0.15, -0.1) is 0 Å². The third kappa shape index (κ3) is 12.6. The maximum atomic E-state index is 12.1. The summed E-state index contributed by atoms with van der Waals surface area (Å²) in [5.74, 6) is 0.785. The first-order chi connectivity index (χ1) is 17.2. The zero-order chi connectivity index (χ0) is 25.0. The molecule has 0 radical (unpaired) electrons. The van der Waals surface area contributed by atoms with E-state index in [9.17, 15) is 9.59 Å². The zero-order valence-corrected chi connectivity index (χ0v) is 20.8. The van der Waals surface area contributed by atoms with Gasteiger partial charge in [0.05, 0.1) is 0 Å². The highest BCUT2D eigenvalue weighted by atomic mass is 16.6. The van der Waals surface area contributed by atoms with E-state index < -0.39 is 6.10 Å². The van der Waals surface area contributed by atoms with E-state index in [0.29, 0.717) is 23.5 Å². The van der Waals surface area contributed by atoms with Gasteiger partial charge in [-0.3, -0.25) is 9.59 Å². The lowest BCUT2D eigenvalue weighted by molar-refractivity contribution is -0.151. The lowest BCUT2D eigenvalue weighted by atomic mass is 10.2. The van der Waals surface area contributed by atoms with Crippen molar-refractivity contribution in [1.29, 1.82) is 0 Å². The number of carbonyl (C=O) groups excluding carboxylic acids is 2. The summed E-state index contributed by atoms with van der Waals surface area (Å²) in [6.07, 6.45) is 28.8. The van der Waals surface area contributed by atoms with Gasteiger partial charge in [0.25, 0.3) is 0 Å². The maximum Gasteiger partial charge on any atom is 0.306 e. The average molecular weight is 479 g/mol. The van der Waals surface area contributed by atoms with Crippen LogP contribution in [-0.2, 0) is 9.53 Å². The number of hydrogen-bond acceptors (Lipinski definition) is 5. The summed E-state index contributed by atoms with van der Waals surface area (Å²) >= 11 is 0. The van der Waals surface area contributed by atoms with Crippen molar-refractivity contribution in [3.63, 3.8) is 0 Å². The fourth-order valence-electron chi connectivity index (χ4n) is 3.29. The van der Waals surface area contributed by atoms with Crippen LogP contribution in [0.3, 0.4) is 0 Å². The van der Waals surface area contributed by atoms with Gasteiger partial charge in [0, 0.05) is 12.0 Å². The van der Waals surface area contributed by atoms with Crippen LogP contribution in [0.1, 0.15) is 68.6 Å². The zero-order valence-electron chi connectivity index (χ0n) is 20.8. The van der Waals surface area contributed by atoms with Crippen LogP contribution in [0.4, 0.5) is 0 Å². The second-order valence-electron chi connectivity index (χ2n) is 8.16. The fourth-order valence-corrected chi connectivity index (χ4v) is 3.29. The van der Waals surface area contributed by atoms with Gasteiger partial charge in [0.1, 0.15) is 19.5 Å². The van der Waals surface area contributed by atoms with Gasteiger partial charge in [-0.25, -0.2) is 0 Å². The van der Waals surface area contributed by atoms with Gasteiger partial charge in [-0.2, -0.15) is 0 Å². The molecule has 0 saturated carbocycles. The SMILES string of the molecule is CC/C=C/C/C=C/C/C=C/C/C=C/C/C=C/CCCC(=O)O[C@@H]1COc2ccc(C=O)cc2OC1. The highest BCUT2D eigenvalue weighted by Gasteiger charge is 2.21. The number of ether oxygens (including phenoxy) is 3. The van der Waals surface area contributed by atoms with Crippen molar-refractivity contribution in [3.05, 3.63) is 84.5 Å². The van der Waals surface area contributed by atoms with Crippen molar-refractivity contribution < 1.29 is 23.8 Å². The van der Waals surface area contributed by atoms with Crippen molar-refractivity contribution in [2.24, 2.45) is 0 Å². The Morgan fingerprint density at radius 1 is 0.857 bits per heavy atom. The summed E-state index contributed by atoms with van der Waals surface area (Å²) in [4.78, 5) is 23.0. The smallest absolute Gasteiger partial charge is 0.306 e. The number of benzene rings is 1. The summed E-state index contributed by atoms with van der Waals surface area (Å²) in [5.41, 5.74) is 0.512. The van der Waals surface area contributed by atoms with Crippen LogP contribution in [0.2, 0.25) is 0 Å². The van der Waals surface area contributed by atoms with E-state index in [-0.39, 0.29) is 19.2 Å². The molecule has 0 bridgehead atoms. The molecule has 1 aromatic carbocycles. The third-order valence-electron chi connectivity index (χ3n) is 5.16. The lowest BCUT2D eigenvalue weighted by Crippen LogP contribution is -2.29. The number of allylic oxidation sites excluding steroid dienone is 10. The van der Waals surface area contributed by atoms with Crippen LogP contribution in [0.25, 0.3) is 0 Å². The van der Waals surface area contributed by atoms with Crippen LogP contribution in [-0.4, -0.2) is 31.6 Å². The minimum absolute atomic E-state index is 0.204. The van der Waals surface area contributed by atoms with Gasteiger partial charge in [-0.1, -0.05) is 67.7 Å². The Kier molecular flexibility index (Phi) is 14.4. The maximum absolute atomic E-state index is 12.1. The normalized spacial score (nSPS) is 16.1. The molecule has 0 saturated heterocycles. The van der Waals surface area contributed by atoms with Gasteiger partial charge in [-0.05, 0) is 63.1 Å². The van der Waals surface area contributed by atoms with Crippen molar-refractivity contribution >= 4 is 12.3 Å². The quantitative estimate of drug-likeness (QED) is 0.116. The molecule has 5 nitrogen and oxygen atoms in total. The molecule has 0 spiro atoms. The Bertz CT molecular complexity index is 907. The highest BCUT2D eigenvalue weighted by Crippen LogP contribution is 2.30. The molecule has 5 heteroatoms. The van der Waals surface area contributed by atoms with Crippen LogP contribution >= 0.6 is 0 Å². The van der Waals surface area contributed by atoms with Gasteiger partial charge < -0.3 is 14.2 Å². The second-order valence-corrected chi connectivity index (χ2v) is 8.16. The monoisotopic (exact) mass is 478 g/mol. The first-order valence-electron chi connectivity index (χ1n) is 12.5. The van der Waals surface area contributed by atoms with Crippen molar-refractivity contribution in [3.8, 4) is 11.5 Å². The molecule has 0 N–H and O–H groups in total. The van der Waals surface area contributed by atoms with Crippen molar-refractivity contribution in [2.45, 2.75) is 64.4 Å². The first-order valence-corrected chi connectivity index (χ1v) is 12.5. The van der Waals surface area contributed by atoms with Gasteiger partial charge in [0.2, 0.25) is 0 Å². The molecule has 0 aliphatic carbocycles. The third-order valence-corrected chi connectivity index (χ3v) is 5.16. The van der Waals surface area contributed by atoms with Crippen LogP contribution < -0.4 is 9.47 Å². The Morgan fingerprint density at radius 2 is 1.43 bits per heavy atom. The van der Waals surface area contributed by atoms with E-state index in [1.807, 2.05) is 0 Å². The number of hydrogen-bond donors (Lipinski definition) is 0. The molecular formula is C30H38O5. The molecule has 1 aromatic rings. The summed E-state index contributed by atoms with van der Waals surface area (Å²) < 4.78 is 16.8. The standard InChI is InChI=1S/C30H38O5/c1-2-3-4-5-6-7-8-9-10-11-12-13-14-15-16-17-18-19-30(32)35-27-24-33-28-21-20-26(23-31)22-29(28)34-25-27/h3-4,6-7,9-10,12-13,15-16,20-23,27H,2,5,8,11,14,17-19,24-25H2,1H3/b4-3+,7-6+,10-9+,13-12+,16-15+/t27-/m1/s1. The number of rotatable bonds is 15. The van der Waals surface area contributed by atoms with E-state index in [1.165, 1.54) is 0 Å². The highest BCUT2D eigenvalue weighted by molar-refractivity contribution is 5.76. The Labute approximate surface area is 209 Å². The summed E-state index contributed by atoms with van der Waals surface area (Å²) in [5, 5.41) is 0. The molecule has 0 fully saturated rings. The van der Waals surface area contributed by atoms with E-state index in [0.717, 1.165) is 51.2 Å². The number of unbranched alkanes of at least 4 members (excludes halogenated alkanes) is 1. The average Bonchev–Trinajstić information content (AvgIpc) is 3.07. The lowest BCUT2D eigenvalue weighted by Gasteiger charge is -2.14. The minimum atomic E-state index is -0.469. The topological polar surface area (TPSA) is 61.8 Å². The molecule has 2 rings (SSSR count). The van der Waals surface area contributed by atoms with E-state index in [2.05, 4.69) is 67.7 Å². The van der Waals surface area contributed by atoms with E-state index >= 15 is 0 Å². The Balaban J connectivity index is 1.50. The molecule has 0 unspecified atom stereocenters. The van der Waals surface area contributed by atoms with Crippen molar-refractivity contribution in [1.82, 2.24) is 0 Å². The first kappa shape index (κ1) is 27.9. The molecule has 1 aliphatic heterocycles. The van der Waals surface area contributed by atoms with Gasteiger partial charge in [0.15, 0.2) is 17.6 Å². The van der Waals surface area contributed by atoms with E-state index in [1.54, 1.807) is 18.2 Å². The number of carbonyl (C=O) groups is 2. The fraction of sp³-hybridized carbons (Fsp3) is 0.400. The summed E-state index contributed by atoms with van der Waals surface area (Å²) in [6.45, 7) is 2.58. The molecule has 0 amide bonds. The largest absolute Gasteiger partial charge is 0.486 e. The molecular weight excluding hydrogens is 440 g/mol. The molecule has 0 aromatic heterocycles. The Morgan fingerprint density at radius 3 is 2.03 bits per heavy atom. The second kappa shape index (κ2) is 18.0. The molecule has 1 atom stereocenters. The van der Waals surface area contributed by atoms with Crippen molar-refractivity contribution in [2.75, 3.05) is 13.2 Å². The van der Waals surface area contributed by atoms with Crippen LogP contribution in [0.15, 0.2) is 79.0 Å². The molecule has 35 heavy (non-hydrogen) atoms. The predicted octanol–water partition coefficient (Wildman–Crippen LogP) is 7.10. The molecule has 1 aliphatic rings. The molecule has 188 valence electrons. The Hall–Kier alpha value is -3.34. The number of aldehydes is 1. The van der Waals surface area contributed by atoms with Crippen LogP contribution in [0.5, 0.6) is 11.5 Å². The summed E-state index contributed by atoms with van der Waals surface area (Å²) in [7, 11) is 0. The predicted molar refractivity (Wildman–Crippen MR) is 141 cm³/mol. The van der Waals surface area contributed by atoms with Crippen LogP contribution in [0, 0.1) is 0 Å². The number of esters is 1. The van der Waals surface area contributed by atoms with Gasteiger partial charge >= 0.3 is 5.97 Å². The minimum Gasteiger partial charge on any atom is -0.486 e. The van der Waals surface area contributed by atoms with E-state index in [4.69, 9.17) is 14.2 Å². The molecule has 1 heterocycles. The number of fused-ring (bicyclic) bond motifs is 1.